The summed E-state index contributed by atoms with van der Waals surface area (Å²) in [6, 6.07) is 12.8. The number of hydrogen-bond donors (Lipinski definition) is 1. The van der Waals surface area contributed by atoms with Gasteiger partial charge in [-0.15, -0.1) is 0 Å². The standard InChI is InChI=1S/C19H24N2O3/c1-13(17-12-16(23-4)10-11-18(17)24-5)20-19(22)14-6-8-15(9-7-14)21(2)3/h6-13H,1-5H3,(H,20,22). The van der Waals surface area contributed by atoms with Gasteiger partial charge in [0, 0.05) is 30.9 Å². The van der Waals surface area contributed by atoms with Crippen molar-refractivity contribution in [2.24, 2.45) is 0 Å². The number of nitrogens with zero attached hydrogens (tertiary/aromatic N) is 1. The molecule has 0 aliphatic rings. The third kappa shape index (κ3) is 3.98. The lowest BCUT2D eigenvalue weighted by Crippen LogP contribution is -2.27. The smallest absolute Gasteiger partial charge is 0.251 e. The van der Waals surface area contributed by atoms with Crippen LogP contribution in [-0.4, -0.2) is 34.2 Å². The molecule has 0 heterocycles. The summed E-state index contributed by atoms with van der Waals surface area (Å²) in [4.78, 5) is 14.5. The summed E-state index contributed by atoms with van der Waals surface area (Å²) in [6.45, 7) is 1.92. The van der Waals surface area contributed by atoms with Crippen LogP contribution in [0.5, 0.6) is 11.5 Å². The largest absolute Gasteiger partial charge is 0.497 e. The van der Waals surface area contributed by atoms with Crippen molar-refractivity contribution in [1.29, 1.82) is 0 Å². The Morgan fingerprint density at radius 3 is 2.25 bits per heavy atom. The molecule has 5 nitrogen and oxygen atoms in total. The summed E-state index contributed by atoms with van der Waals surface area (Å²) < 4.78 is 10.6. The summed E-state index contributed by atoms with van der Waals surface area (Å²) in [5.74, 6) is 1.31. The number of carbonyl (C=O) groups excluding carboxylic acids is 1. The maximum absolute atomic E-state index is 12.5. The fraction of sp³-hybridized carbons (Fsp3) is 0.316. The molecule has 5 heteroatoms. The minimum absolute atomic E-state index is 0.127. The van der Waals surface area contributed by atoms with Crippen LogP contribution in [0.25, 0.3) is 0 Å². The highest BCUT2D eigenvalue weighted by atomic mass is 16.5. The summed E-state index contributed by atoms with van der Waals surface area (Å²) in [6.07, 6.45) is 0. The highest BCUT2D eigenvalue weighted by molar-refractivity contribution is 5.94. The van der Waals surface area contributed by atoms with E-state index in [0.717, 1.165) is 17.0 Å². The van der Waals surface area contributed by atoms with Crippen molar-refractivity contribution >= 4 is 11.6 Å². The predicted molar refractivity (Wildman–Crippen MR) is 96.2 cm³/mol. The Labute approximate surface area is 143 Å². The molecule has 0 saturated heterocycles. The lowest BCUT2D eigenvalue weighted by Gasteiger charge is -2.18. The van der Waals surface area contributed by atoms with E-state index >= 15 is 0 Å². The quantitative estimate of drug-likeness (QED) is 0.884. The van der Waals surface area contributed by atoms with Crippen LogP contribution in [0, 0.1) is 0 Å². The Morgan fingerprint density at radius 1 is 1.04 bits per heavy atom. The van der Waals surface area contributed by atoms with Crippen LogP contribution in [0.3, 0.4) is 0 Å². The molecule has 1 N–H and O–H groups in total. The van der Waals surface area contributed by atoms with E-state index in [9.17, 15) is 4.79 Å². The van der Waals surface area contributed by atoms with E-state index < -0.39 is 0 Å². The molecule has 0 bridgehead atoms. The van der Waals surface area contributed by atoms with Gasteiger partial charge in [-0.25, -0.2) is 0 Å². The zero-order valence-corrected chi connectivity index (χ0v) is 14.8. The normalized spacial score (nSPS) is 11.5. The van der Waals surface area contributed by atoms with Gasteiger partial charge in [0.15, 0.2) is 0 Å². The van der Waals surface area contributed by atoms with Gasteiger partial charge in [0.05, 0.1) is 20.3 Å². The van der Waals surface area contributed by atoms with Gasteiger partial charge in [0.1, 0.15) is 11.5 Å². The molecule has 2 aromatic carbocycles. The predicted octanol–water partition coefficient (Wildman–Crippen LogP) is 3.26. The first-order chi connectivity index (χ1) is 11.5. The Morgan fingerprint density at radius 2 is 1.71 bits per heavy atom. The average Bonchev–Trinajstić information content (AvgIpc) is 2.60. The minimum Gasteiger partial charge on any atom is -0.497 e. The molecule has 0 spiro atoms. The number of amides is 1. The average molecular weight is 328 g/mol. The van der Waals surface area contributed by atoms with Gasteiger partial charge in [-0.05, 0) is 49.4 Å². The number of carbonyl (C=O) groups is 1. The molecule has 0 aromatic heterocycles. The zero-order chi connectivity index (χ0) is 17.7. The van der Waals surface area contributed by atoms with Crippen LogP contribution in [0.15, 0.2) is 42.5 Å². The topological polar surface area (TPSA) is 50.8 Å². The molecular formula is C19H24N2O3. The fourth-order valence-electron chi connectivity index (χ4n) is 2.45. The van der Waals surface area contributed by atoms with Crippen LogP contribution in [-0.2, 0) is 0 Å². The molecule has 128 valence electrons. The van der Waals surface area contributed by atoms with E-state index in [1.807, 2.05) is 68.4 Å². The molecule has 1 unspecified atom stereocenters. The van der Waals surface area contributed by atoms with Gasteiger partial charge in [-0.3, -0.25) is 4.79 Å². The van der Waals surface area contributed by atoms with E-state index in [-0.39, 0.29) is 11.9 Å². The lowest BCUT2D eigenvalue weighted by atomic mass is 10.1. The summed E-state index contributed by atoms with van der Waals surface area (Å²) >= 11 is 0. The molecule has 0 aliphatic heterocycles. The first-order valence-corrected chi connectivity index (χ1v) is 7.76. The first kappa shape index (κ1) is 17.7. The highest BCUT2D eigenvalue weighted by Crippen LogP contribution is 2.29. The number of nitrogens with one attached hydrogen (secondary N) is 1. The Hall–Kier alpha value is -2.69. The molecule has 24 heavy (non-hydrogen) atoms. The van der Waals surface area contributed by atoms with E-state index in [1.165, 1.54) is 0 Å². The Balaban J connectivity index is 2.16. The van der Waals surface area contributed by atoms with Crippen molar-refractivity contribution in [3.05, 3.63) is 53.6 Å². The third-order valence-electron chi connectivity index (χ3n) is 3.90. The monoisotopic (exact) mass is 328 g/mol. The van der Waals surface area contributed by atoms with Crippen molar-refractivity contribution in [1.82, 2.24) is 5.32 Å². The van der Waals surface area contributed by atoms with Gasteiger partial charge >= 0.3 is 0 Å². The third-order valence-corrected chi connectivity index (χ3v) is 3.90. The molecule has 2 rings (SSSR count). The maximum Gasteiger partial charge on any atom is 0.251 e. The van der Waals surface area contributed by atoms with Crippen molar-refractivity contribution in [2.45, 2.75) is 13.0 Å². The molecular weight excluding hydrogens is 304 g/mol. The van der Waals surface area contributed by atoms with Crippen LogP contribution >= 0.6 is 0 Å². The van der Waals surface area contributed by atoms with Gasteiger partial charge in [-0.2, -0.15) is 0 Å². The van der Waals surface area contributed by atoms with E-state index in [4.69, 9.17) is 9.47 Å². The second-order valence-corrected chi connectivity index (χ2v) is 5.74. The van der Waals surface area contributed by atoms with E-state index in [1.54, 1.807) is 14.2 Å². The minimum atomic E-state index is -0.212. The fourth-order valence-corrected chi connectivity index (χ4v) is 2.45. The zero-order valence-electron chi connectivity index (χ0n) is 14.8. The highest BCUT2D eigenvalue weighted by Gasteiger charge is 2.16. The van der Waals surface area contributed by atoms with Gasteiger partial charge in [0.2, 0.25) is 0 Å². The van der Waals surface area contributed by atoms with Gasteiger partial charge < -0.3 is 19.7 Å². The van der Waals surface area contributed by atoms with Crippen molar-refractivity contribution in [3.8, 4) is 11.5 Å². The molecule has 1 amide bonds. The second kappa shape index (κ2) is 7.73. The first-order valence-electron chi connectivity index (χ1n) is 7.76. The number of hydrogen-bond acceptors (Lipinski definition) is 4. The van der Waals surface area contributed by atoms with Crippen molar-refractivity contribution in [2.75, 3.05) is 33.2 Å². The molecule has 0 aliphatic carbocycles. The van der Waals surface area contributed by atoms with Crippen molar-refractivity contribution in [3.63, 3.8) is 0 Å². The van der Waals surface area contributed by atoms with Gasteiger partial charge in [-0.1, -0.05) is 0 Å². The molecule has 0 fully saturated rings. The number of ether oxygens (including phenoxy) is 2. The van der Waals surface area contributed by atoms with Crippen LogP contribution in [0.1, 0.15) is 28.9 Å². The number of rotatable bonds is 6. The summed E-state index contributed by atoms with van der Waals surface area (Å²) in [7, 11) is 7.15. The molecule has 2 aromatic rings. The maximum atomic E-state index is 12.5. The lowest BCUT2D eigenvalue weighted by molar-refractivity contribution is 0.0939. The summed E-state index contributed by atoms with van der Waals surface area (Å²) in [5, 5.41) is 3.00. The number of benzene rings is 2. The van der Waals surface area contributed by atoms with Gasteiger partial charge in [0.25, 0.3) is 5.91 Å². The van der Waals surface area contributed by atoms with Crippen LogP contribution in [0.2, 0.25) is 0 Å². The van der Waals surface area contributed by atoms with Crippen LogP contribution in [0.4, 0.5) is 5.69 Å². The van der Waals surface area contributed by atoms with E-state index in [0.29, 0.717) is 11.3 Å². The molecule has 0 radical (unpaired) electrons. The van der Waals surface area contributed by atoms with E-state index in [2.05, 4.69) is 5.32 Å². The molecule has 0 saturated carbocycles. The SMILES string of the molecule is COc1ccc(OC)c(C(C)NC(=O)c2ccc(N(C)C)cc2)c1. The number of anilines is 1. The van der Waals surface area contributed by atoms with Crippen molar-refractivity contribution < 1.29 is 14.3 Å². The second-order valence-electron chi connectivity index (χ2n) is 5.74. The molecule has 1 atom stereocenters. The Bertz CT molecular complexity index is 696. The Kier molecular flexibility index (Phi) is 5.68. The van der Waals surface area contributed by atoms with Crippen LogP contribution < -0.4 is 19.7 Å². The number of methoxy groups -OCH3 is 2. The summed E-state index contributed by atoms with van der Waals surface area (Å²) in [5.41, 5.74) is 2.54.